The molecule has 126 valence electrons. The second kappa shape index (κ2) is 5.72. The van der Waals surface area contributed by atoms with Gasteiger partial charge in [0.15, 0.2) is 0 Å². The molecule has 0 aliphatic carbocycles. The number of aryl methyl sites for hydroxylation is 1. The number of hydrogen-bond acceptors (Lipinski definition) is 4. The van der Waals surface area contributed by atoms with Gasteiger partial charge in [-0.3, -0.25) is 0 Å². The lowest BCUT2D eigenvalue weighted by molar-refractivity contribution is 0.333. The molecule has 0 fully saturated rings. The number of aromatic nitrogens is 1. The van der Waals surface area contributed by atoms with Gasteiger partial charge in [-0.25, -0.2) is 3.97 Å². The van der Waals surface area contributed by atoms with Crippen molar-refractivity contribution in [2.75, 3.05) is 13.6 Å². The highest BCUT2D eigenvalue weighted by Crippen LogP contribution is 2.34. The molecule has 0 N–H and O–H groups in total. The van der Waals surface area contributed by atoms with Crippen molar-refractivity contribution >= 4 is 32.3 Å². The zero-order chi connectivity index (χ0) is 16.9. The van der Waals surface area contributed by atoms with Crippen LogP contribution in [0.2, 0.25) is 0 Å². The van der Waals surface area contributed by atoms with Gasteiger partial charge in [0, 0.05) is 17.6 Å². The Bertz CT molecular complexity index is 1000. The van der Waals surface area contributed by atoms with Crippen LogP contribution in [0.25, 0.3) is 10.9 Å². The van der Waals surface area contributed by atoms with E-state index < -0.39 is 10.0 Å². The molecule has 1 aromatic carbocycles. The summed E-state index contributed by atoms with van der Waals surface area (Å²) >= 11 is 1.28. The average Bonchev–Trinajstić information content (AvgIpc) is 3.12. The van der Waals surface area contributed by atoms with Crippen molar-refractivity contribution in [1.82, 2.24) is 8.87 Å². The first-order chi connectivity index (χ1) is 11.5. The standard InChI is InChI=1S/C18H20N2O2S2/c1-13-7-8-17-14(11-13)15-12-19(2)9-3-5-16(15)20(17)24(21,22)18-6-4-10-23-18/h4,6-8,10-11H,3,5,9,12H2,1-2H3. The smallest absolute Gasteiger partial charge is 0.277 e. The second-order valence-electron chi connectivity index (χ2n) is 6.49. The summed E-state index contributed by atoms with van der Waals surface area (Å²) in [5.41, 5.74) is 4.07. The Morgan fingerprint density at radius 3 is 2.79 bits per heavy atom. The fourth-order valence-corrected chi connectivity index (χ4v) is 6.23. The van der Waals surface area contributed by atoms with E-state index in [9.17, 15) is 8.42 Å². The predicted octanol–water partition coefficient (Wildman–Crippen LogP) is 3.63. The molecule has 4 nitrogen and oxygen atoms in total. The largest absolute Gasteiger partial charge is 0.302 e. The highest BCUT2D eigenvalue weighted by Gasteiger charge is 2.28. The van der Waals surface area contributed by atoms with Crippen molar-refractivity contribution in [2.45, 2.75) is 30.5 Å². The summed E-state index contributed by atoms with van der Waals surface area (Å²) in [6, 6.07) is 9.54. The summed E-state index contributed by atoms with van der Waals surface area (Å²) in [5, 5.41) is 2.88. The minimum absolute atomic E-state index is 0.403. The van der Waals surface area contributed by atoms with E-state index in [-0.39, 0.29) is 0 Å². The molecule has 0 bridgehead atoms. The Labute approximate surface area is 146 Å². The van der Waals surface area contributed by atoms with Gasteiger partial charge in [-0.1, -0.05) is 17.7 Å². The van der Waals surface area contributed by atoms with Crippen LogP contribution in [0, 0.1) is 6.92 Å². The first-order valence-corrected chi connectivity index (χ1v) is 10.4. The second-order valence-corrected chi connectivity index (χ2v) is 9.45. The van der Waals surface area contributed by atoms with Crippen LogP contribution in [0.3, 0.4) is 0 Å². The van der Waals surface area contributed by atoms with Crippen LogP contribution in [0.1, 0.15) is 23.2 Å². The molecule has 3 heterocycles. The van der Waals surface area contributed by atoms with Crippen LogP contribution in [0.5, 0.6) is 0 Å². The lowest BCUT2D eigenvalue weighted by atomic mass is 10.1. The first kappa shape index (κ1) is 15.9. The van der Waals surface area contributed by atoms with Crippen molar-refractivity contribution in [3.63, 3.8) is 0 Å². The quantitative estimate of drug-likeness (QED) is 0.701. The minimum atomic E-state index is -3.55. The molecule has 3 aromatic rings. The molecule has 0 atom stereocenters. The van der Waals surface area contributed by atoms with E-state index in [4.69, 9.17) is 0 Å². The Hall–Kier alpha value is -1.63. The molecular formula is C18H20N2O2S2. The molecule has 24 heavy (non-hydrogen) atoms. The fourth-order valence-electron chi connectivity index (χ4n) is 3.56. The van der Waals surface area contributed by atoms with Crippen molar-refractivity contribution in [1.29, 1.82) is 0 Å². The van der Waals surface area contributed by atoms with E-state index in [1.165, 1.54) is 11.3 Å². The van der Waals surface area contributed by atoms with Crippen LogP contribution < -0.4 is 0 Å². The first-order valence-electron chi connectivity index (χ1n) is 8.09. The molecule has 0 radical (unpaired) electrons. The van der Waals surface area contributed by atoms with Gasteiger partial charge in [-0.15, -0.1) is 11.3 Å². The normalized spacial score (nSPS) is 16.2. The molecule has 0 spiro atoms. The van der Waals surface area contributed by atoms with Crippen molar-refractivity contribution in [3.8, 4) is 0 Å². The molecule has 1 aliphatic rings. The average molecular weight is 361 g/mol. The van der Waals surface area contributed by atoms with E-state index in [1.54, 1.807) is 16.1 Å². The topological polar surface area (TPSA) is 42.3 Å². The van der Waals surface area contributed by atoms with Gasteiger partial charge in [-0.05, 0) is 62.5 Å². The molecule has 0 amide bonds. The van der Waals surface area contributed by atoms with Crippen LogP contribution in [0.4, 0.5) is 0 Å². The maximum atomic E-state index is 13.3. The predicted molar refractivity (Wildman–Crippen MR) is 98.2 cm³/mol. The van der Waals surface area contributed by atoms with Gasteiger partial charge < -0.3 is 4.90 Å². The molecule has 1 aliphatic heterocycles. The lowest BCUT2D eigenvalue weighted by Crippen LogP contribution is -2.17. The summed E-state index contributed by atoms with van der Waals surface area (Å²) < 4.78 is 28.6. The summed E-state index contributed by atoms with van der Waals surface area (Å²) in [4.78, 5) is 2.27. The van der Waals surface area contributed by atoms with E-state index in [0.29, 0.717) is 4.21 Å². The molecule has 0 saturated carbocycles. The summed E-state index contributed by atoms with van der Waals surface area (Å²) in [6.07, 6.45) is 1.76. The summed E-state index contributed by atoms with van der Waals surface area (Å²) in [6.45, 7) is 3.83. The van der Waals surface area contributed by atoms with E-state index in [2.05, 4.69) is 24.9 Å². The highest BCUT2D eigenvalue weighted by molar-refractivity contribution is 7.92. The summed E-state index contributed by atoms with van der Waals surface area (Å²) in [7, 11) is -1.45. The SMILES string of the molecule is Cc1ccc2c(c1)c1c(n2S(=O)(=O)c2cccs2)CCCN(C)C1. The van der Waals surface area contributed by atoms with Gasteiger partial charge in [0.2, 0.25) is 0 Å². The van der Waals surface area contributed by atoms with Crippen LogP contribution >= 0.6 is 11.3 Å². The third-order valence-corrected chi connectivity index (χ3v) is 7.79. The Kier molecular flexibility index (Phi) is 3.78. The maximum absolute atomic E-state index is 13.3. The number of rotatable bonds is 2. The third kappa shape index (κ3) is 2.41. The fraction of sp³-hybridized carbons (Fsp3) is 0.333. The number of hydrogen-bond donors (Lipinski definition) is 0. The highest BCUT2D eigenvalue weighted by atomic mass is 32.2. The number of benzene rings is 1. The molecule has 0 unspecified atom stereocenters. The Balaban J connectivity index is 2.07. The van der Waals surface area contributed by atoms with Gasteiger partial charge in [0.1, 0.15) is 4.21 Å². The zero-order valence-electron chi connectivity index (χ0n) is 13.8. The lowest BCUT2D eigenvalue weighted by Gasteiger charge is -2.12. The monoisotopic (exact) mass is 360 g/mol. The molecule has 6 heteroatoms. The Morgan fingerprint density at radius 1 is 1.21 bits per heavy atom. The van der Waals surface area contributed by atoms with Crippen molar-refractivity contribution in [3.05, 3.63) is 52.5 Å². The number of fused-ring (bicyclic) bond motifs is 3. The van der Waals surface area contributed by atoms with Crippen molar-refractivity contribution in [2.24, 2.45) is 0 Å². The maximum Gasteiger partial charge on any atom is 0.277 e. The van der Waals surface area contributed by atoms with Crippen LogP contribution in [-0.4, -0.2) is 30.9 Å². The Morgan fingerprint density at radius 2 is 2.04 bits per heavy atom. The summed E-state index contributed by atoms with van der Waals surface area (Å²) in [5.74, 6) is 0. The van der Waals surface area contributed by atoms with E-state index in [1.807, 2.05) is 17.5 Å². The number of thiophene rings is 1. The van der Waals surface area contributed by atoms with E-state index >= 15 is 0 Å². The molecule has 4 rings (SSSR count). The van der Waals surface area contributed by atoms with Crippen LogP contribution in [-0.2, 0) is 23.0 Å². The van der Waals surface area contributed by atoms with Crippen LogP contribution in [0.15, 0.2) is 39.9 Å². The molecular weight excluding hydrogens is 340 g/mol. The zero-order valence-corrected chi connectivity index (χ0v) is 15.5. The minimum Gasteiger partial charge on any atom is -0.302 e. The van der Waals surface area contributed by atoms with Gasteiger partial charge in [0.05, 0.1) is 5.52 Å². The molecule has 0 saturated heterocycles. The van der Waals surface area contributed by atoms with Gasteiger partial charge in [0.25, 0.3) is 10.0 Å². The van der Waals surface area contributed by atoms with Crippen molar-refractivity contribution < 1.29 is 8.42 Å². The van der Waals surface area contributed by atoms with E-state index in [0.717, 1.165) is 53.7 Å². The van der Waals surface area contributed by atoms with Gasteiger partial charge in [-0.2, -0.15) is 8.42 Å². The molecule has 2 aromatic heterocycles. The third-order valence-electron chi connectivity index (χ3n) is 4.66. The number of nitrogens with zero attached hydrogens (tertiary/aromatic N) is 2. The van der Waals surface area contributed by atoms with Gasteiger partial charge >= 0.3 is 0 Å².